The van der Waals surface area contributed by atoms with Crippen LogP contribution in [0.4, 0.5) is 0 Å². The van der Waals surface area contributed by atoms with Crippen molar-refractivity contribution in [2.24, 2.45) is 0 Å². The zero-order valence-electron chi connectivity index (χ0n) is 28.6. The van der Waals surface area contributed by atoms with Crippen LogP contribution in [-0.4, -0.2) is 4.98 Å². The van der Waals surface area contributed by atoms with Crippen LogP contribution in [-0.2, 0) is 5.41 Å². The largest absolute Gasteiger partial charge is 0.256 e. The molecule has 0 aliphatic rings. The van der Waals surface area contributed by atoms with Crippen LogP contribution >= 0.6 is 0 Å². The molecule has 0 aliphatic carbocycles. The molecule has 0 aliphatic heterocycles. The molecule has 0 unspecified atom stereocenters. The lowest BCUT2D eigenvalue weighted by Gasteiger charge is -2.23. The van der Waals surface area contributed by atoms with Gasteiger partial charge in [-0.15, -0.1) is 0 Å². The van der Waals surface area contributed by atoms with Gasteiger partial charge in [-0.2, -0.15) is 0 Å². The Morgan fingerprint density at radius 1 is 0.633 bits per heavy atom. The summed E-state index contributed by atoms with van der Waals surface area (Å²) >= 11 is 0. The normalized spacial score (nSPS) is 12.6. The molecule has 49 heavy (non-hydrogen) atoms. The number of hydrogen-bond acceptors (Lipinski definition) is 1. The number of benzene rings is 7. The van der Waals surface area contributed by atoms with E-state index in [0.717, 1.165) is 22.4 Å². The van der Waals surface area contributed by atoms with Gasteiger partial charge in [-0.25, -0.2) is 0 Å². The maximum absolute atomic E-state index is 4.63. The van der Waals surface area contributed by atoms with Crippen molar-refractivity contribution in [1.82, 2.24) is 4.98 Å². The monoisotopic (exact) mass is 629 g/mol. The number of allylic oxidation sites excluding steroid dienone is 5. The van der Waals surface area contributed by atoms with Crippen molar-refractivity contribution < 1.29 is 0 Å². The summed E-state index contributed by atoms with van der Waals surface area (Å²) in [5.74, 6) is 0. The predicted octanol–water partition coefficient (Wildman–Crippen LogP) is 13.4. The Morgan fingerprint density at radius 3 is 2.02 bits per heavy atom. The summed E-state index contributed by atoms with van der Waals surface area (Å²) in [4.78, 5) is 4.57. The highest BCUT2D eigenvalue weighted by Gasteiger charge is 2.20. The lowest BCUT2D eigenvalue weighted by atomic mass is 9.81. The highest BCUT2D eigenvalue weighted by molar-refractivity contribution is 6.27. The molecule has 8 aromatic rings. The van der Waals surface area contributed by atoms with Gasteiger partial charge >= 0.3 is 0 Å². The van der Waals surface area contributed by atoms with E-state index in [-0.39, 0.29) is 5.41 Å². The number of pyridine rings is 1. The minimum Gasteiger partial charge on any atom is -0.256 e. The first kappa shape index (κ1) is 30.5. The average molecular weight is 630 g/mol. The summed E-state index contributed by atoms with van der Waals surface area (Å²) in [5.41, 5.74) is 10.5. The second-order valence-corrected chi connectivity index (χ2v) is 14.2. The fourth-order valence-corrected chi connectivity index (χ4v) is 7.14. The van der Waals surface area contributed by atoms with Crippen molar-refractivity contribution in [2.45, 2.75) is 33.1 Å². The van der Waals surface area contributed by atoms with Crippen LogP contribution in [0.3, 0.4) is 0 Å². The van der Waals surface area contributed by atoms with Crippen LogP contribution < -0.4 is 0 Å². The second-order valence-electron chi connectivity index (χ2n) is 14.2. The minimum atomic E-state index is 0.0632. The standard InChI is InChI=1S/C48H39N/c1-31(36-21-16-33-13-6-7-14-37(33)27-36)11-10-12-32(2)43-30-44(34-17-19-35(20-18-34)45-15-8-9-26-49-45)42-25-23-39-29-40(48(3,4)5)28-38-22-24-41(43)47(42)46(38)39/h6-30H,2H2,1,3-5H3/b12-10-,31-11+. The van der Waals surface area contributed by atoms with Crippen LogP contribution in [0.2, 0.25) is 0 Å². The molecular formula is C48H39N. The average Bonchev–Trinajstić information content (AvgIpc) is 3.13. The fraction of sp³-hybridized carbons (Fsp3) is 0.104. The molecule has 236 valence electrons. The van der Waals surface area contributed by atoms with E-state index in [1.807, 2.05) is 18.3 Å². The topological polar surface area (TPSA) is 12.9 Å². The van der Waals surface area contributed by atoms with Crippen molar-refractivity contribution in [2.75, 3.05) is 0 Å². The molecule has 0 N–H and O–H groups in total. The van der Waals surface area contributed by atoms with Crippen molar-refractivity contribution >= 4 is 54.2 Å². The molecule has 1 heteroatoms. The lowest BCUT2D eigenvalue weighted by Crippen LogP contribution is -2.10. The van der Waals surface area contributed by atoms with Crippen LogP contribution in [0.15, 0.2) is 158 Å². The van der Waals surface area contributed by atoms with E-state index in [4.69, 9.17) is 0 Å². The third-order valence-corrected chi connectivity index (χ3v) is 9.93. The minimum absolute atomic E-state index is 0.0632. The molecule has 0 saturated heterocycles. The fourth-order valence-electron chi connectivity index (χ4n) is 7.14. The van der Waals surface area contributed by atoms with E-state index >= 15 is 0 Å². The van der Waals surface area contributed by atoms with Gasteiger partial charge in [0.15, 0.2) is 0 Å². The molecule has 0 atom stereocenters. The predicted molar refractivity (Wildman–Crippen MR) is 213 cm³/mol. The van der Waals surface area contributed by atoms with Crippen LogP contribution in [0, 0.1) is 0 Å². The molecule has 1 nitrogen and oxygen atoms in total. The third kappa shape index (κ3) is 5.62. The van der Waals surface area contributed by atoms with E-state index in [2.05, 4.69) is 173 Å². The van der Waals surface area contributed by atoms with Crippen molar-refractivity contribution in [3.05, 3.63) is 175 Å². The molecule has 8 rings (SSSR count). The molecule has 0 bridgehead atoms. The Hall–Kier alpha value is -5.79. The first-order chi connectivity index (χ1) is 23.7. The number of fused-ring (bicyclic) bond motifs is 1. The van der Waals surface area contributed by atoms with Gasteiger partial charge in [0.2, 0.25) is 0 Å². The zero-order valence-corrected chi connectivity index (χ0v) is 28.6. The first-order valence-corrected chi connectivity index (χ1v) is 17.1. The molecule has 7 aromatic carbocycles. The van der Waals surface area contributed by atoms with Gasteiger partial charge in [0, 0.05) is 11.8 Å². The Kier molecular flexibility index (Phi) is 7.49. The van der Waals surface area contributed by atoms with Gasteiger partial charge in [0.1, 0.15) is 0 Å². The van der Waals surface area contributed by atoms with Crippen molar-refractivity contribution in [3.63, 3.8) is 0 Å². The number of hydrogen-bond donors (Lipinski definition) is 0. The highest BCUT2D eigenvalue weighted by atomic mass is 14.7. The van der Waals surface area contributed by atoms with Crippen LogP contribution in [0.25, 0.3) is 76.6 Å². The molecule has 1 aromatic heterocycles. The zero-order chi connectivity index (χ0) is 33.7. The lowest BCUT2D eigenvalue weighted by molar-refractivity contribution is 0.591. The van der Waals surface area contributed by atoms with Gasteiger partial charge < -0.3 is 0 Å². The van der Waals surface area contributed by atoms with E-state index in [0.29, 0.717) is 0 Å². The molecule has 0 saturated carbocycles. The molecule has 0 fully saturated rings. The van der Waals surface area contributed by atoms with Crippen LogP contribution in [0.5, 0.6) is 0 Å². The van der Waals surface area contributed by atoms with E-state index in [1.165, 1.54) is 70.9 Å². The third-order valence-electron chi connectivity index (χ3n) is 9.93. The van der Waals surface area contributed by atoms with Gasteiger partial charge in [0.05, 0.1) is 5.69 Å². The van der Waals surface area contributed by atoms with Crippen LogP contribution in [0.1, 0.15) is 44.4 Å². The number of nitrogens with zero attached hydrogens (tertiary/aromatic N) is 1. The maximum atomic E-state index is 4.63. The Bertz CT molecular complexity index is 2560. The van der Waals surface area contributed by atoms with Gasteiger partial charge in [-0.05, 0) is 119 Å². The van der Waals surface area contributed by atoms with Gasteiger partial charge in [-0.1, -0.05) is 149 Å². The first-order valence-electron chi connectivity index (χ1n) is 17.1. The highest BCUT2D eigenvalue weighted by Crippen LogP contribution is 2.44. The Morgan fingerprint density at radius 2 is 1.31 bits per heavy atom. The van der Waals surface area contributed by atoms with E-state index in [1.54, 1.807) is 0 Å². The maximum Gasteiger partial charge on any atom is 0.0701 e. The SMILES string of the molecule is C=C(/C=C\C=C(/C)c1ccc2ccccc2c1)c1cc(-c2ccc(-c3ccccn3)cc2)c2ccc3cc(C(C)(C)C)cc4ccc1c2c43. The Balaban J connectivity index is 1.26. The van der Waals surface area contributed by atoms with Gasteiger partial charge in [0.25, 0.3) is 0 Å². The molecule has 0 radical (unpaired) electrons. The summed E-state index contributed by atoms with van der Waals surface area (Å²) in [6, 6.07) is 46.4. The molecular weight excluding hydrogens is 591 g/mol. The summed E-state index contributed by atoms with van der Waals surface area (Å²) in [5, 5.41) is 10.2. The summed E-state index contributed by atoms with van der Waals surface area (Å²) in [6.45, 7) is 13.7. The van der Waals surface area contributed by atoms with E-state index < -0.39 is 0 Å². The van der Waals surface area contributed by atoms with E-state index in [9.17, 15) is 0 Å². The number of rotatable bonds is 6. The van der Waals surface area contributed by atoms with Crippen molar-refractivity contribution in [1.29, 1.82) is 0 Å². The molecule has 1 heterocycles. The quantitative estimate of drug-likeness (QED) is 0.132. The summed E-state index contributed by atoms with van der Waals surface area (Å²) in [6.07, 6.45) is 8.33. The smallest absolute Gasteiger partial charge is 0.0701 e. The summed E-state index contributed by atoms with van der Waals surface area (Å²) < 4.78 is 0. The van der Waals surface area contributed by atoms with Gasteiger partial charge in [-0.3, -0.25) is 4.98 Å². The second kappa shape index (κ2) is 12.0. The summed E-state index contributed by atoms with van der Waals surface area (Å²) in [7, 11) is 0. The molecule has 0 spiro atoms. The number of aromatic nitrogens is 1. The Labute approximate surface area is 288 Å². The molecule has 0 amide bonds. The van der Waals surface area contributed by atoms with Crippen molar-refractivity contribution in [3.8, 4) is 22.4 Å².